The van der Waals surface area contributed by atoms with E-state index >= 15 is 0 Å². The van der Waals surface area contributed by atoms with E-state index in [1.165, 1.54) is 16.0 Å². The summed E-state index contributed by atoms with van der Waals surface area (Å²) in [6.45, 7) is 2.12. The van der Waals surface area contributed by atoms with Crippen molar-refractivity contribution in [3.05, 3.63) is 64.1 Å². The molecule has 0 aliphatic rings. The molecule has 1 atom stereocenters. The summed E-state index contributed by atoms with van der Waals surface area (Å²) in [4.78, 5) is 1.34. The van der Waals surface area contributed by atoms with E-state index in [4.69, 9.17) is 0 Å². The third-order valence-electron chi connectivity index (χ3n) is 3.28. The third-order valence-corrected chi connectivity index (χ3v) is 4.98. The standard InChI is InChI=1S/C17H20BrNS/c1-13-3-9-17(10-4-13)20-12-16(19-2)11-14-5-7-15(18)8-6-14/h3-10,16,19H,11-12H2,1-2H3. The first-order chi connectivity index (χ1) is 9.67. The number of rotatable bonds is 6. The number of halogens is 1. The van der Waals surface area contributed by atoms with E-state index in [0.29, 0.717) is 6.04 Å². The Bertz CT molecular complexity index is 522. The lowest BCUT2D eigenvalue weighted by Gasteiger charge is -2.16. The lowest BCUT2D eigenvalue weighted by Crippen LogP contribution is -2.30. The van der Waals surface area contributed by atoms with Crippen molar-refractivity contribution in [2.45, 2.75) is 24.3 Å². The minimum atomic E-state index is 0.488. The molecule has 0 aromatic heterocycles. The van der Waals surface area contributed by atoms with Gasteiger partial charge < -0.3 is 5.32 Å². The summed E-state index contributed by atoms with van der Waals surface area (Å²) in [5.41, 5.74) is 2.69. The fourth-order valence-electron chi connectivity index (χ4n) is 1.98. The van der Waals surface area contributed by atoms with Crippen LogP contribution in [-0.4, -0.2) is 18.8 Å². The highest BCUT2D eigenvalue weighted by Gasteiger charge is 2.08. The molecule has 0 bridgehead atoms. The minimum Gasteiger partial charge on any atom is -0.316 e. The highest BCUT2D eigenvalue weighted by atomic mass is 79.9. The van der Waals surface area contributed by atoms with Gasteiger partial charge >= 0.3 is 0 Å². The maximum absolute atomic E-state index is 3.48. The van der Waals surface area contributed by atoms with E-state index in [2.05, 4.69) is 76.7 Å². The molecule has 0 aliphatic carbocycles. The summed E-state index contributed by atoms with van der Waals surface area (Å²) >= 11 is 5.39. The average molecular weight is 350 g/mol. The van der Waals surface area contributed by atoms with Gasteiger partial charge in [0.25, 0.3) is 0 Å². The summed E-state index contributed by atoms with van der Waals surface area (Å²) in [6, 6.07) is 17.8. The summed E-state index contributed by atoms with van der Waals surface area (Å²) in [5, 5.41) is 3.41. The van der Waals surface area contributed by atoms with Gasteiger partial charge in [-0.25, -0.2) is 0 Å². The molecule has 0 aliphatic heterocycles. The van der Waals surface area contributed by atoms with Crippen LogP contribution in [0.15, 0.2) is 57.9 Å². The third kappa shape index (κ3) is 4.97. The first-order valence-electron chi connectivity index (χ1n) is 6.78. The minimum absolute atomic E-state index is 0.488. The number of hydrogen-bond donors (Lipinski definition) is 1. The fraction of sp³-hybridized carbons (Fsp3) is 0.294. The van der Waals surface area contributed by atoms with Crippen molar-refractivity contribution in [2.24, 2.45) is 0 Å². The van der Waals surface area contributed by atoms with Crippen molar-refractivity contribution in [3.63, 3.8) is 0 Å². The van der Waals surface area contributed by atoms with Gasteiger partial charge in [0.15, 0.2) is 0 Å². The Kier molecular flexibility index (Phi) is 6.14. The van der Waals surface area contributed by atoms with E-state index in [0.717, 1.165) is 16.6 Å². The fourth-order valence-corrected chi connectivity index (χ4v) is 3.25. The monoisotopic (exact) mass is 349 g/mol. The highest BCUT2D eigenvalue weighted by molar-refractivity contribution is 9.10. The van der Waals surface area contributed by atoms with Crippen molar-refractivity contribution >= 4 is 27.7 Å². The second-order valence-electron chi connectivity index (χ2n) is 4.94. The van der Waals surface area contributed by atoms with Crippen LogP contribution in [0.2, 0.25) is 0 Å². The average Bonchev–Trinajstić information content (AvgIpc) is 2.47. The zero-order chi connectivity index (χ0) is 14.4. The van der Waals surface area contributed by atoms with Gasteiger partial charge in [0.1, 0.15) is 0 Å². The molecule has 20 heavy (non-hydrogen) atoms. The van der Waals surface area contributed by atoms with Crippen molar-refractivity contribution in [1.29, 1.82) is 0 Å². The van der Waals surface area contributed by atoms with Gasteiger partial charge in [0, 0.05) is 21.2 Å². The second kappa shape index (κ2) is 7.87. The second-order valence-corrected chi connectivity index (χ2v) is 6.95. The molecule has 1 N–H and O–H groups in total. The summed E-state index contributed by atoms with van der Waals surface area (Å²) < 4.78 is 1.14. The molecule has 2 rings (SSSR count). The van der Waals surface area contributed by atoms with Gasteiger partial charge in [-0.1, -0.05) is 45.8 Å². The van der Waals surface area contributed by atoms with Crippen LogP contribution < -0.4 is 5.32 Å². The van der Waals surface area contributed by atoms with Crippen LogP contribution in [0, 0.1) is 6.92 Å². The van der Waals surface area contributed by atoms with Gasteiger partial charge in [-0.15, -0.1) is 11.8 Å². The Balaban J connectivity index is 1.88. The van der Waals surface area contributed by atoms with E-state index in [9.17, 15) is 0 Å². The normalized spacial score (nSPS) is 12.3. The molecule has 0 saturated heterocycles. The number of aryl methyl sites for hydroxylation is 1. The summed E-state index contributed by atoms with van der Waals surface area (Å²) in [6.07, 6.45) is 1.06. The van der Waals surface area contributed by atoms with Crippen LogP contribution in [0.3, 0.4) is 0 Å². The van der Waals surface area contributed by atoms with Gasteiger partial charge in [-0.05, 0) is 50.2 Å². The molecule has 0 saturated carbocycles. The molecular weight excluding hydrogens is 330 g/mol. The van der Waals surface area contributed by atoms with Gasteiger partial charge in [-0.2, -0.15) is 0 Å². The zero-order valence-electron chi connectivity index (χ0n) is 11.9. The number of nitrogens with one attached hydrogen (secondary N) is 1. The first-order valence-corrected chi connectivity index (χ1v) is 8.56. The van der Waals surface area contributed by atoms with Gasteiger partial charge in [0.05, 0.1) is 0 Å². The molecule has 0 amide bonds. The maximum Gasteiger partial charge on any atom is 0.0199 e. The SMILES string of the molecule is CNC(CSc1ccc(C)cc1)Cc1ccc(Br)cc1. The van der Waals surface area contributed by atoms with Crippen molar-refractivity contribution in [2.75, 3.05) is 12.8 Å². The lowest BCUT2D eigenvalue weighted by molar-refractivity contribution is 0.617. The predicted octanol–water partition coefficient (Wildman–Crippen LogP) is 4.68. The van der Waals surface area contributed by atoms with E-state index < -0.39 is 0 Å². The molecule has 0 fully saturated rings. The smallest absolute Gasteiger partial charge is 0.0199 e. The molecule has 2 aromatic rings. The Hall–Kier alpha value is -0.770. The van der Waals surface area contributed by atoms with Crippen LogP contribution in [0.5, 0.6) is 0 Å². The number of thioether (sulfide) groups is 1. The highest BCUT2D eigenvalue weighted by Crippen LogP contribution is 2.20. The van der Waals surface area contributed by atoms with E-state index in [-0.39, 0.29) is 0 Å². The number of benzene rings is 2. The van der Waals surface area contributed by atoms with Crippen molar-refractivity contribution < 1.29 is 0 Å². The zero-order valence-corrected chi connectivity index (χ0v) is 14.3. The molecule has 0 radical (unpaired) electrons. The van der Waals surface area contributed by atoms with Crippen LogP contribution in [0.4, 0.5) is 0 Å². The lowest BCUT2D eigenvalue weighted by atomic mass is 10.1. The van der Waals surface area contributed by atoms with Gasteiger partial charge in [-0.3, -0.25) is 0 Å². The number of hydrogen-bond acceptors (Lipinski definition) is 2. The van der Waals surface area contributed by atoms with Gasteiger partial charge in [0.2, 0.25) is 0 Å². The molecule has 3 heteroatoms. The first kappa shape index (κ1) is 15.6. The molecule has 2 aromatic carbocycles. The van der Waals surface area contributed by atoms with Crippen LogP contribution >= 0.6 is 27.7 Å². The van der Waals surface area contributed by atoms with E-state index in [1.807, 2.05) is 18.8 Å². The Morgan fingerprint density at radius 2 is 1.70 bits per heavy atom. The molecule has 106 valence electrons. The molecule has 1 unspecified atom stereocenters. The Morgan fingerprint density at radius 3 is 2.30 bits per heavy atom. The van der Waals surface area contributed by atoms with Crippen molar-refractivity contribution in [1.82, 2.24) is 5.32 Å². The molecule has 0 spiro atoms. The Morgan fingerprint density at radius 1 is 1.05 bits per heavy atom. The molecule has 0 heterocycles. The predicted molar refractivity (Wildman–Crippen MR) is 92.6 cm³/mol. The largest absolute Gasteiger partial charge is 0.316 e. The van der Waals surface area contributed by atoms with Crippen LogP contribution in [0.1, 0.15) is 11.1 Å². The molecular formula is C17H20BrNS. The van der Waals surface area contributed by atoms with Crippen LogP contribution in [-0.2, 0) is 6.42 Å². The topological polar surface area (TPSA) is 12.0 Å². The summed E-state index contributed by atoms with van der Waals surface area (Å²) in [5.74, 6) is 1.08. The Labute approximate surface area is 134 Å². The van der Waals surface area contributed by atoms with Crippen molar-refractivity contribution in [3.8, 4) is 0 Å². The van der Waals surface area contributed by atoms with E-state index in [1.54, 1.807) is 0 Å². The maximum atomic E-state index is 3.48. The quantitative estimate of drug-likeness (QED) is 0.759. The molecule has 1 nitrogen and oxygen atoms in total. The number of likely N-dealkylation sites (N-methyl/N-ethyl adjacent to an activating group) is 1. The van der Waals surface area contributed by atoms with Crippen LogP contribution in [0.25, 0.3) is 0 Å². The summed E-state index contributed by atoms with van der Waals surface area (Å²) in [7, 11) is 2.04.